The summed E-state index contributed by atoms with van der Waals surface area (Å²) < 4.78 is 5.91. The van der Waals surface area contributed by atoms with E-state index >= 15 is 0 Å². The minimum Gasteiger partial charge on any atom is -0.466 e. The lowest BCUT2D eigenvalue weighted by Gasteiger charge is -2.36. The van der Waals surface area contributed by atoms with Crippen molar-refractivity contribution in [3.8, 4) is 0 Å². The van der Waals surface area contributed by atoms with Gasteiger partial charge >= 0.3 is 12.0 Å². The van der Waals surface area contributed by atoms with Gasteiger partial charge in [-0.2, -0.15) is 0 Å². The molecule has 1 fully saturated rings. The number of hydrogen-bond donors (Lipinski definition) is 1. The fraction of sp³-hybridized carbons (Fsp3) is 0.368. The third-order valence-corrected chi connectivity index (χ3v) is 6.65. The van der Waals surface area contributed by atoms with Crippen molar-refractivity contribution >= 4 is 35.1 Å². The number of benzene rings is 1. The summed E-state index contributed by atoms with van der Waals surface area (Å²) in [6.07, 6.45) is 1.87. The number of ether oxygens (including phenoxy) is 1. The van der Waals surface area contributed by atoms with E-state index in [1.807, 2.05) is 37.3 Å². The number of rotatable bonds is 6. The van der Waals surface area contributed by atoms with Crippen molar-refractivity contribution in [3.05, 3.63) is 52.2 Å². The maximum Gasteiger partial charge on any atom is 0.338 e. The van der Waals surface area contributed by atoms with E-state index in [0.717, 1.165) is 27.8 Å². The highest BCUT2D eigenvalue weighted by Crippen LogP contribution is 2.40. The Morgan fingerprint density at radius 2 is 2.07 bits per heavy atom. The van der Waals surface area contributed by atoms with Crippen LogP contribution in [0.2, 0.25) is 0 Å². The van der Waals surface area contributed by atoms with Crippen LogP contribution in [0.1, 0.15) is 29.5 Å². The van der Waals surface area contributed by atoms with Gasteiger partial charge in [0.2, 0.25) is 0 Å². The van der Waals surface area contributed by atoms with Crippen LogP contribution < -0.4 is 5.32 Å². The highest BCUT2D eigenvalue weighted by molar-refractivity contribution is 8.01. The number of esters is 1. The first-order valence-electron chi connectivity index (χ1n) is 8.97. The molecule has 0 bridgehead atoms. The highest BCUT2D eigenvalue weighted by atomic mass is 32.2. The van der Waals surface area contributed by atoms with Crippen molar-refractivity contribution in [2.45, 2.75) is 36.2 Å². The zero-order valence-corrected chi connectivity index (χ0v) is 17.2. The molecule has 7 nitrogen and oxygen atoms in total. The van der Waals surface area contributed by atoms with Crippen LogP contribution in [-0.2, 0) is 9.53 Å². The SMILES string of the molecule is COC(=O)C1=C(CSc2nnc(C)s2)N(C2CC2)C(=O)NC1c1ccccc1. The van der Waals surface area contributed by atoms with Crippen molar-refractivity contribution in [3.63, 3.8) is 0 Å². The Kier molecular flexibility index (Phi) is 5.36. The summed E-state index contributed by atoms with van der Waals surface area (Å²) in [6, 6.07) is 8.91. The standard InChI is InChI=1S/C19H20N4O3S2/c1-11-21-22-19(28-11)27-10-14-15(17(24)26-2)16(12-6-4-3-5-7-12)20-18(25)23(14)13-8-9-13/h3-7,13,16H,8-10H2,1-2H3,(H,20,25). The molecule has 1 saturated carbocycles. The van der Waals surface area contributed by atoms with Crippen molar-refractivity contribution in [1.29, 1.82) is 0 Å². The first kappa shape index (κ1) is 18.9. The van der Waals surface area contributed by atoms with E-state index in [2.05, 4.69) is 15.5 Å². The molecule has 1 unspecified atom stereocenters. The molecule has 1 atom stereocenters. The van der Waals surface area contributed by atoms with Crippen LogP contribution in [0.5, 0.6) is 0 Å². The average Bonchev–Trinajstić information content (AvgIpc) is 3.46. The molecule has 1 aromatic heterocycles. The Labute approximate surface area is 171 Å². The molecule has 4 rings (SSSR count). The van der Waals surface area contributed by atoms with Gasteiger partial charge in [0, 0.05) is 17.5 Å². The van der Waals surface area contributed by atoms with Crippen LogP contribution in [-0.4, -0.2) is 46.0 Å². The largest absolute Gasteiger partial charge is 0.466 e. The second-order valence-corrected chi connectivity index (χ2v) is 9.03. The molecule has 1 aliphatic carbocycles. The van der Waals surface area contributed by atoms with Gasteiger partial charge < -0.3 is 10.1 Å². The summed E-state index contributed by atoms with van der Waals surface area (Å²) in [5.41, 5.74) is 2.03. The number of thioether (sulfide) groups is 1. The number of aromatic nitrogens is 2. The highest BCUT2D eigenvalue weighted by Gasteiger charge is 2.43. The van der Waals surface area contributed by atoms with Crippen molar-refractivity contribution < 1.29 is 14.3 Å². The van der Waals surface area contributed by atoms with Gasteiger partial charge in [0.05, 0.1) is 18.7 Å². The maximum atomic E-state index is 12.9. The molecular formula is C19H20N4O3S2. The zero-order valence-electron chi connectivity index (χ0n) is 15.5. The Hall–Kier alpha value is -2.39. The third kappa shape index (κ3) is 3.77. The van der Waals surface area contributed by atoms with Crippen LogP contribution >= 0.6 is 23.1 Å². The number of carbonyl (C=O) groups is 2. The molecule has 0 saturated heterocycles. The summed E-state index contributed by atoms with van der Waals surface area (Å²) in [4.78, 5) is 27.4. The lowest BCUT2D eigenvalue weighted by atomic mass is 9.95. The fourth-order valence-electron chi connectivity index (χ4n) is 3.26. The number of hydrogen-bond acceptors (Lipinski definition) is 7. The number of aryl methyl sites for hydroxylation is 1. The molecule has 9 heteroatoms. The van der Waals surface area contributed by atoms with Crippen LogP contribution in [0.3, 0.4) is 0 Å². The monoisotopic (exact) mass is 416 g/mol. The Balaban J connectivity index is 1.76. The Bertz CT molecular complexity index is 924. The summed E-state index contributed by atoms with van der Waals surface area (Å²) >= 11 is 2.98. The Morgan fingerprint density at radius 1 is 1.32 bits per heavy atom. The number of amides is 2. The van der Waals surface area contributed by atoms with Crippen molar-refractivity contribution in [2.24, 2.45) is 0 Å². The molecular weight excluding hydrogens is 396 g/mol. The predicted molar refractivity (Wildman–Crippen MR) is 107 cm³/mol. The van der Waals surface area contributed by atoms with Crippen molar-refractivity contribution in [2.75, 3.05) is 12.9 Å². The normalized spacial score (nSPS) is 19.6. The van der Waals surface area contributed by atoms with Gasteiger partial charge in [-0.05, 0) is 25.3 Å². The zero-order chi connectivity index (χ0) is 19.7. The summed E-state index contributed by atoms with van der Waals surface area (Å²) in [5, 5.41) is 12.1. The molecule has 2 heterocycles. The van der Waals surface area contributed by atoms with E-state index in [-0.39, 0.29) is 12.1 Å². The van der Waals surface area contributed by atoms with Gasteiger partial charge in [0.25, 0.3) is 0 Å². The number of nitrogens with one attached hydrogen (secondary N) is 1. The minimum atomic E-state index is -0.539. The molecule has 2 aromatic rings. The van der Waals surface area contributed by atoms with Crippen LogP contribution in [0, 0.1) is 6.92 Å². The second kappa shape index (κ2) is 7.92. The molecule has 28 heavy (non-hydrogen) atoms. The van der Waals surface area contributed by atoms with E-state index < -0.39 is 12.0 Å². The molecule has 0 radical (unpaired) electrons. The Morgan fingerprint density at radius 3 is 2.68 bits per heavy atom. The van der Waals surface area contributed by atoms with Gasteiger partial charge in [-0.25, -0.2) is 9.59 Å². The van der Waals surface area contributed by atoms with Gasteiger partial charge in [-0.15, -0.1) is 10.2 Å². The fourth-order valence-corrected chi connectivity index (χ4v) is 5.10. The van der Waals surface area contributed by atoms with E-state index in [9.17, 15) is 9.59 Å². The number of nitrogens with zero attached hydrogens (tertiary/aromatic N) is 3. The molecule has 1 aliphatic heterocycles. The van der Waals surface area contributed by atoms with Crippen LogP contribution in [0.4, 0.5) is 4.79 Å². The topological polar surface area (TPSA) is 84.4 Å². The average molecular weight is 417 g/mol. The molecule has 1 N–H and O–H groups in total. The molecule has 2 amide bonds. The lowest BCUT2D eigenvalue weighted by Crippen LogP contribution is -2.50. The molecule has 2 aliphatic rings. The van der Waals surface area contributed by atoms with Gasteiger partial charge in [-0.3, -0.25) is 4.90 Å². The number of urea groups is 1. The lowest BCUT2D eigenvalue weighted by molar-refractivity contribution is -0.136. The minimum absolute atomic E-state index is 0.128. The first-order chi connectivity index (χ1) is 13.6. The smallest absolute Gasteiger partial charge is 0.338 e. The number of carbonyl (C=O) groups excluding carboxylic acids is 2. The van der Waals surface area contributed by atoms with E-state index in [4.69, 9.17) is 4.74 Å². The van der Waals surface area contributed by atoms with E-state index in [1.165, 1.54) is 30.2 Å². The quantitative estimate of drug-likeness (QED) is 0.575. The predicted octanol–water partition coefficient (Wildman–Crippen LogP) is 3.29. The van der Waals surface area contributed by atoms with E-state index in [1.54, 1.807) is 4.90 Å². The molecule has 146 valence electrons. The number of methoxy groups -OCH3 is 1. The summed E-state index contributed by atoms with van der Waals surface area (Å²) in [7, 11) is 1.37. The van der Waals surface area contributed by atoms with Gasteiger partial charge in [0.1, 0.15) is 5.01 Å². The van der Waals surface area contributed by atoms with Crippen LogP contribution in [0.15, 0.2) is 45.9 Å². The summed E-state index contributed by atoms with van der Waals surface area (Å²) in [5.74, 6) is 0.0234. The maximum absolute atomic E-state index is 12.9. The van der Waals surface area contributed by atoms with E-state index in [0.29, 0.717) is 17.0 Å². The van der Waals surface area contributed by atoms with Crippen LogP contribution in [0.25, 0.3) is 0 Å². The second-order valence-electron chi connectivity index (χ2n) is 6.62. The van der Waals surface area contributed by atoms with Gasteiger partial charge in [0.15, 0.2) is 4.34 Å². The first-order valence-corrected chi connectivity index (χ1v) is 10.8. The summed E-state index contributed by atoms with van der Waals surface area (Å²) in [6.45, 7) is 1.90. The third-order valence-electron chi connectivity index (χ3n) is 4.67. The van der Waals surface area contributed by atoms with Gasteiger partial charge in [-0.1, -0.05) is 53.4 Å². The molecule has 0 spiro atoms. The molecule has 1 aromatic carbocycles. The van der Waals surface area contributed by atoms with Crippen molar-refractivity contribution in [1.82, 2.24) is 20.4 Å².